The van der Waals surface area contributed by atoms with Crippen molar-refractivity contribution >= 4 is 50.9 Å². The van der Waals surface area contributed by atoms with Gasteiger partial charge in [-0.1, -0.05) is 0 Å². The Morgan fingerprint density at radius 3 is 2.54 bits per heavy atom. The molecule has 0 aliphatic rings. The van der Waals surface area contributed by atoms with Crippen molar-refractivity contribution in [1.29, 1.82) is 0 Å². The zero-order valence-electron chi connectivity index (χ0n) is 6.58. The Morgan fingerprint density at radius 2 is 2.08 bits per heavy atom. The summed E-state index contributed by atoms with van der Waals surface area (Å²) in [5.74, 6) is 0.541. The van der Waals surface area contributed by atoms with Gasteiger partial charge < -0.3 is 4.74 Å². The molecule has 0 fully saturated rings. The van der Waals surface area contributed by atoms with Gasteiger partial charge in [-0.15, -0.1) is 0 Å². The van der Waals surface area contributed by atoms with E-state index in [1.807, 2.05) is 22.6 Å². The van der Waals surface area contributed by atoms with Crippen molar-refractivity contribution in [1.82, 2.24) is 0 Å². The van der Waals surface area contributed by atoms with Crippen LogP contribution in [-0.2, 0) is 0 Å². The number of nitro benzene ring substituents is 1. The van der Waals surface area contributed by atoms with Crippen LogP contribution in [0.4, 0.5) is 5.69 Å². The van der Waals surface area contributed by atoms with Crippen molar-refractivity contribution in [3.05, 3.63) is 29.4 Å². The molecule has 0 aliphatic carbocycles. The smallest absolute Gasteiger partial charge is 0.274 e. The number of benzene rings is 1. The predicted molar refractivity (Wildman–Crippen MR) is 65.1 cm³/mol. The molecule has 0 atom stereocenters. The molecule has 0 heterocycles. The minimum Gasteiger partial charge on any atom is -0.495 e. The van der Waals surface area contributed by atoms with E-state index in [4.69, 9.17) is 4.74 Å². The Labute approximate surface area is 102 Å². The normalized spacial score (nSPS) is 9.77. The highest BCUT2D eigenvalue weighted by atomic mass is 127. The lowest BCUT2D eigenvalue weighted by atomic mass is 10.3. The predicted octanol–water partition coefficient (Wildman–Crippen LogP) is 2.81. The van der Waals surface area contributed by atoms with Crippen molar-refractivity contribution in [3.63, 3.8) is 0 Å². The van der Waals surface area contributed by atoms with Crippen LogP contribution in [0, 0.1) is 17.3 Å². The molecular formula is C7H5I2NO3. The summed E-state index contributed by atoms with van der Waals surface area (Å²) in [6, 6.07) is 2.94. The van der Waals surface area contributed by atoms with Gasteiger partial charge in [0.05, 0.1) is 21.7 Å². The van der Waals surface area contributed by atoms with Crippen LogP contribution in [0.15, 0.2) is 12.1 Å². The number of halogens is 2. The van der Waals surface area contributed by atoms with Gasteiger partial charge in [-0.25, -0.2) is 0 Å². The standard InChI is InChI=1S/C7H5I2NO3/c1-13-6-3-4(10(11)12)2-5(8)7(6)9/h2-3H,1H3. The largest absolute Gasteiger partial charge is 0.495 e. The van der Waals surface area contributed by atoms with Crippen molar-refractivity contribution in [3.8, 4) is 5.75 Å². The molecule has 0 aliphatic heterocycles. The van der Waals surface area contributed by atoms with Gasteiger partial charge in [-0.05, 0) is 45.2 Å². The van der Waals surface area contributed by atoms with E-state index < -0.39 is 4.92 Å². The summed E-state index contributed by atoms with van der Waals surface area (Å²) >= 11 is 4.13. The molecule has 0 bridgehead atoms. The molecule has 0 amide bonds. The van der Waals surface area contributed by atoms with E-state index in [-0.39, 0.29) is 5.69 Å². The van der Waals surface area contributed by atoms with E-state index in [0.29, 0.717) is 5.75 Å². The molecule has 0 saturated carbocycles. The molecule has 70 valence electrons. The molecule has 6 heteroatoms. The number of hydrogen-bond donors (Lipinski definition) is 0. The van der Waals surface area contributed by atoms with Gasteiger partial charge in [0.25, 0.3) is 5.69 Å². The first-order chi connectivity index (χ1) is 6.06. The van der Waals surface area contributed by atoms with Gasteiger partial charge in [0.2, 0.25) is 0 Å². The molecule has 0 unspecified atom stereocenters. The lowest BCUT2D eigenvalue weighted by Gasteiger charge is -2.04. The second kappa shape index (κ2) is 4.40. The lowest BCUT2D eigenvalue weighted by Crippen LogP contribution is -1.94. The summed E-state index contributed by atoms with van der Waals surface area (Å²) < 4.78 is 6.72. The molecule has 1 aromatic rings. The fourth-order valence-corrected chi connectivity index (χ4v) is 1.92. The van der Waals surface area contributed by atoms with Gasteiger partial charge in [-0.2, -0.15) is 0 Å². The van der Waals surface area contributed by atoms with Crippen LogP contribution in [0.5, 0.6) is 5.75 Å². The van der Waals surface area contributed by atoms with Gasteiger partial charge in [-0.3, -0.25) is 10.1 Å². The zero-order chi connectivity index (χ0) is 10.0. The number of methoxy groups -OCH3 is 1. The second-order valence-electron chi connectivity index (χ2n) is 2.20. The van der Waals surface area contributed by atoms with Crippen molar-refractivity contribution in [2.75, 3.05) is 7.11 Å². The third kappa shape index (κ3) is 2.42. The van der Waals surface area contributed by atoms with Crippen molar-refractivity contribution < 1.29 is 9.66 Å². The van der Waals surface area contributed by atoms with E-state index in [1.54, 1.807) is 0 Å². The molecule has 4 nitrogen and oxygen atoms in total. The third-order valence-electron chi connectivity index (χ3n) is 1.41. The van der Waals surface area contributed by atoms with Crippen LogP contribution in [0.3, 0.4) is 0 Å². The first kappa shape index (κ1) is 11.0. The van der Waals surface area contributed by atoms with E-state index in [2.05, 4.69) is 22.6 Å². The number of nitrogens with zero attached hydrogens (tertiary/aromatic N) is 1. The number of hydrogen-bond acceptors (Lipinski definition) is 3. The quantitative estimate of drug-likeness (QED) is 0.432. The molecule has 13 heavy (non-hydrogen) atoms. The topological polar surface area (TPSA) is 52.4 Å². The van der Waals surface area contributed by atoms with Crippen molar-refractivity contribution in [2.24, 2.45) is 0 Å². The Morgan fingerprint density at radius 1 is 1.46 bits per heavy atom. The Hall–Kier alpha value is -0.120. The minimum atomic E-state index is -0.430. The maximum Gasteiger partial charge on any atom is 0.274 e. The molecule has 0 saturated heterocycles. The summed E-state index contributed by atoms with van der Waals surface area (Å²) in [7, 11) is 1.50. The number of rotatable bonds is 2. The highest BCUT2D eigenvalue weighted by molar-refractivity contribution is 14.1. The van der Waals surface area contributed by atoms with Crippen LogP contribution in [0.1, 0.15) is 0 Å². The number of nitro groups is 1. The van der Waals surface area contributed by atoms with Gasteiger partial charge in [0, 0.05) is 9.64 Å². The maximum atomic E-state index is 10.5. The summed E-state index contributed by atoms with van der Waals surface area (Å²) in [6.45, 7) is 0. The molecule has 1 aromatic carbocycles. The van der Waals surface area contributed by atoms with Crippen LogP contribution in [0.25, 0.3) is 0 Å². The summed E-state index contributed by atoms with van der Waals surface area (Å²) in [4.78, 5) is 10.0. The van der Waals surface area contributed by atoms with Crippen LogP contribution in [0.2, 0.25) is 0 Å². The van der Waals surface area contributed by atoms with Gasteiger partial charge in [0.15, 0.2) is 0 Å². The average molecular weight is 405 g/mol. The summed E-state index contributed by atoms with van der Waals surface area (Å²) in [6.07, 6.45) is 0. The minimum absolute atomic E-state index is 0.0571. The molecule has 0 radical (unpaired) electrons. The Kier molecular flexibility index (Phi) is 3.71. The second-order valence-corrected chi connectivity index (χ2v) is 4.44. The lowest BCUT2D eigenvalue weighted by molar-refractivity contribution is -0.385. The van der Waals surface area contributed by atoms with Gasteiger partial charge in [0.1, 0.15) is 5.75 Å². The summed E-state index contributed by atoms with van der Waals surface area (Å²) in [5, 5.41) is 10.5. The monoisotopic (exact) mass is 405 g/mol. The first-order valence-electron chi connectivity index (χ1n) is 3.23. The molecular weight excluding hydrogens is 400 g/mol. The van der Waals surface area contributed by atoms with E-state index >= 15 is 0 Å². The average Bonchev–Trinajstić information content (AvgIpc) is 2.09. The van der Waals surface area contributed by atoms with Crippen LogP contribution < -0.4 is 4.74 Å². The first-order valence-corrected chi connectivity index (χ1v) is 5.39. The van der Waals surface area contributed by atoms with E-state index in [0.717, 1.165) is 7.14 Å². The van der Waals surface area contributed by atoms with E-state index in [9.17, 15) is 10.1 Å². The zero-order valence-corrected chi connectivity index (χ0v) is 10.9. The molecule has 0 spiro atoms. The molecule has 0 N–H and O–H groups in total. The third-order valence-corrected chi connectivity index (χ3v) is 4.41. The van der Waals surface area contributed by atoms with Crippen LogP contribution >= 0.6 is 45.2 Å². The molecule has 0 aromatic heterocycles. The SMILES string of the molecule is COc1cc([N+](=O)[O-])cc(I)c1I. The van der Waals surface area contributed by atoms with Gasteiger partial charge >= 0.3 is 0 Å². The highest BCUT2D eigenvalue weighted by Crippen LogP contribution is 2.30. The highest BCUT2D eigenvalue weighted by Gasteiger charge is 2.13. The van der Waals surface area contributed by atoms with Crippen molar-refractivity contribution in [2.45, 2.75) is 0 Å². The number of ether oxygens (including phenoxy) is 1. The van der Waals surface area contributed by atoms with Crippen LogP contribution in [-0.4, -0.2) is 12.0 Å². The fraction of sp³-hybridized carbons (Fsp3) is 0.143. The van der Waals surface area contributed by atoms with E-state index in [1.165, 1.54) is 19.2 Å². The fourth-order valence-electron chi connectivity index (χ4n) is 0.804. The Bertz CT molecular complexity index is 354. The molecule has 1 rings (SSSR count). The summed E-state index contributed by atoms with van der Waals surface area (Å²) in [5.41, 5.74) is 0.0571. The Balaban J connectivity index is 3.30. The number of non-ortho nitro benzene ring substituents is 1. The maximum absolute atomic E-state index is 10.5.